The van der Waals surface area contributed by atoms with Gasteiger partial charge >= 0.3 is 7.12 Å². The number of para-hydroxylation sites is 1. The molecule has 0 aliphatic carbocycles. The molecule has 2 aromatic rings. The molecule has 0 amide bonds. The molecule has 0 spiro atoms. The van der Waals surface area contributed by atoms with Crippen LogP contribution in [0.4, 0.5) is 0 Å². The Morgan fingerprint density at radius 3 is 2.00 bits per heavy atom. The first-order valence-corrected chi connectivity index (χ1v) is 9.67. The fraction of sp³-hybridized carbons (Fsp3) is 0.478. The van der Waals surface area contributed by atoms with Gasteiger partial charge in [0.1, 0.15) is 12.4 Å². The first kappa shape index (κ1) is 20.0. The Morgan fingerprint density at radius 1 is 0.852 bits per heavy atom. The molecule has 1 heterocycles. The summed E-state index contributed by atoms with van der Waals surface area (Å²) >= 11 is 0. The van der Waals surface area contributed by atoms with Gasteiger partial charge in [0.2, 0.25) is 0 Å². The van der Waals surface area contributed by atoms with Crippen molar-refractivity contribution in [1.29, 1.82) is 0 Å². The van der Waals surface area contributed by atoms with Gasteiger partial charge in [0.25, 0.3) is 0 Å². The van der Waals surface area contributed by atoms with Gasteiger partial charge in [0.05, 0.1) is 11.2 Å². The number of hydrogen-bond donors (Lipinski definition) is 0. The third-order valence-electron chi connectivity index (χ3n) is 5.59. The minimum absolute atomic E-state index is 0.0499. The van der Waals surface area contributed by atoms with Crippen LogP contribution in [0.1, 0.15) is 59.6 Å². The Bertz CT molecular complexity index is 775. The number of hydrogen-bond acceptors (Lipinski definition) is 3. The van der Waals surface area contributed by atoms with Gasteiger partial charge in [-0.15, -0.1) is 0 Å². The van der Waals surface area contributed by atoms with Crippen LogP contribution in [0.15, 0.2) is 48.5 Å². The molecule has 0 atom stereocenters. The van der Waals surface area contributed by atoms with E-state index in [9.17, 15) is 0 Å². The summed E-state index contributed by atoms with van der Waals surface area (Å²) in [6.07, 6.45) is 0. The second-order valence-electron chi connectivity index (χ2n) is 9.34. The van der Waals surface area contributed by atoms with Crippen LogP contribution in [-0.4, -0.2) is 18.3 Å². The van der Waals surface area contributed by atoms with Crippen molar-refractivity contribution in [1.82, 2.24) is 0 Å². The topological polar surface area (TPSA) is 27.7 Å². The van der Waals surface area contributed by atoms with Crippen LogP contribution >= 0.6 is 0 Å². The third-order valence-corrected chi connectivity index (χ3v) is 5.59. The van der Waals surface area contributed by atoms with Crippen molar-refractivity contribution in [2.45, 2.75) is 71.7 Å². The predicted octanol–water partition coefficient (Wildman–Crippen LogP) is 4.86. The quantitative estimate of drug-likeness (QED) is 0.723. The Hall–Kier alpha value is -1.78. The van der Waals surface area contributed by atoms with Gasteiger partial charge in [-0.2, -0.15) is 0 Å². The van der Waals surface area contributed by atoms with E-state index in [2.05, 4.69) is 78.8 Å². The molecular formula is C23H31BO3. The van der Waals surface area contributed by atoms with Crippen molar-refractivity contribution in [2.24, 2.45) is 0 Å². The fourth-order valence-electron chi connectivity index (χ4n) is 3.19. The van der Waals surface area contributed by atoms with Gasteiger partial charge in [-0.3, -0.25) is 0 Å². The lowest BCUT2D eigenvalue weighted by molar-refractivity contribution is 0.00578. The largest absolute Gasteiger partial charge is 0.498 e. The van der Waals surface area contributed by atoms with Crippen molar-refractivity contribution >= 4 is 12.6 Å². The summed E-state index contributed by atoms with van der Waals surface area (Å²) in [5.74, 6) is 0.868. The van der Waals surface area contributed by atoms with Gasteiger partial charge in [-0.1, -0.05) is 69.3 Å². The van der Waals surface area contributed by atoms with E-state index in [4.69, 9.17) is 14.0 Å². The molecule has 2 aromatic carbocycles. The number of benzene rings is 2. The Balaban J connectivity index is 1.99. The maximum Gasteiger partial charge on any atom is 0.498 e. The molecule has 4 heteroatoms. The summed E-state index contributed by atoms with van der Waals surface area (Å²) in [7, 11) is -0.442. The highest BCUT2D eigenvalue weighted by Crippen LogP contribution is 2.38. The van der Waals surface area contributed by atoms with Crippen LogP contribution < -0.4 is 10.2 Å². The average molecular weight is 366 g/mol. The first-order valence-electron chi connectivity index (χ1n) is 9.67. The normalized spacial score (nSPS) is 18.6. The molecule has 0 unspecified atom stereocenters. The monoisotopic (exact) mass is 366 g/mol. The van der Waals surface area contributed by atoms with E-state index in [1.54, 1.807) is 0 Å². The summed E-state index contributed by atoms with van der Waals surface area (Å²) in [6, 6.07) is 16.5. The predicted molar refractivity (Wildman–Crippen MR) is 112 cm³/mol. The van der Waals surface area contributed by atoms with Crippen LogP contribution in [-0.2, 0) is 21.3 Å². The van der Waals surface area contributed by atoms with Gasteiger partial charge < -0.3 is 14.0 Å². The molecular weight excluding hydrogens is 335 g/mol. The van der Waals surface area contributed by atoms with Gasteiger partial charge in [0, 0.05) is 5.46 Å². The summed E-state index contributed by atoms with van der Waals surface area (Å²) in [5, 5.41) is 0. The zero-order valence-electron chi connectivity index (χ0n) is 17.6. The Kier molecular flexibility index (Phi) is 5.17. The van der Waals surface area contributed by atoms with Crippen LogP contribution in [0.3, 0.4) is 0 Å². The lowest BCUT2D eigenvalue weighted by Crippen LogP contribution is -2.41. The highest BCUT2D eigenvalue weighted by atomic mass is 16.7. The second-order valence-corrected chi connectivity index (χ2v) is 9.34. The van der Waals surface area contributed by atoms with Crippen LogP contribution in [0, 0.1) is 0 Å². The molecule has 1 fully saturated rings. The summed E-state index contributed by atoms with van der Waals surface area (Å²) in [6.45, 7) is 15.4. The van der Waals surface area contributed by atoms with E-state index in [1.807, 2.05) is 18.2 Å². The van der Waals surface area contributed by atoms with Crippen molar-refractivity contribution < 1.29 is 14.0 Å². The summed E-state index contributed by atoms with van der Waals surface area (Å²) in [4.78, 5) is 0. The van der Waals surface area contributed by atoms with Crippen molar-refractivity contribution in [2.75, 3.05) is 0 Å². The minimum Gasteiger partial charge on any atom is -0.489 e. The second kappa shape index (κ2) is 6.99. The molecule has 1 aliphatic heterocycles. The highest BCUT2D eigenvalue weighted by molar-refractivity contribution is 6.63. The standard InChI is InChI=1S/C23H31BO3/c1-21(2,3)18-14-11-15-19(24-26-22(4,5)23(6,7)27-24)20(18)25-16-17-12-9-8-10-13-17/h8-15H,16H2,1-7H3. The third kappa shape index (κ3) is 4.07. The zero-order chi connectivity index (χ0) is 19.9. The lowest BCUT2D eigenvalue weighted by atomic mass is 9.74. The van der Waals surface area contributed by atoms with Gasteiger partial charge in [-0.05, 0) is 44.2 Å². The molecule has 1 aliphatic rings. The van der Waals surface area contributed by atoms with E-state index >= 15 is 0 Å². The molecule has 3 nitrogen and oxygen atoms in total. The van der Waals surface area contributed by atoms with Crippen LogP contribution in [0.25, 0.3) is 0 Å². The average Bonchev–Trinajstić information content (AvgIpc) is 2.80. The van der Waals surface area contributed by atoms with Gasteiger partial charge in [0.15, 0.2) is 0 Å². The Morgan fingerprint density at radius 2 is 1.44 bits per heavy atom. The van der Waals surface area contributed by atoms with E-state index in [0.717, 1.165) is 22.3 Å². The van der Waals surface area contributed by atoms with Crippen LogP contribution in [0.5, 0.6) is 5.75 Å². The minimum atomic E-state index is -0.442. The van der Waals surface area contributed by atoms with Crippen molar-refractivity contribution in [3.63, 3.8) is 0 Å². The number of ether oxygens (including phenoxy) is 1. The maximum absolute atomic E-state index is 6.37. The highest BCUT2D eigenvalue weighted by Gasteiger charge is 2.52. The van der Waals surface area contributed by atoms with E-state index < -0.39 is 7.12 Å². The first-order chi connectivity index (χ1) is 12.5. The molecule has 0 aromatic heterocycles. The van der Waals surface area contributed by atoms with Crippen LogP contribution in [0.2, 0.25) is 0 Å². The van der Waals surface area contributed by atoms with Gasteiger partial charge in [-0.25, -0.2) is 0 Å². The van der Waals surface area contributed by atoms with E-state index in [0.29, 0.717) is 6.61 Å². The zero-order valence-corrected chi connectivity index (χ0v) is 17.6. The molecule has 3 rings (SSSR count). The fourth-order valence-corrected chi connectivity index (χ4v) is 3.19. The Labute approximate surface area is 164 Å². The molecule has 0 N–H and O–H groups in total. The summed E-state index contributed by atoms with van der Waals surface area (Å²) in [5.41, 5.74) is 2.44. The van der Waals surface area contributed by atoms with E-state index in [1.165, 1.54) is 0 Å². The molecule has 1 saturated heterocycles. The van der Waals surface area contributed by atoms with Crippen molar-refractivity contribution in [3.05, 3.63) is 59.7 Å². The maximum atomic E-state index is 6.37. The lowest BCUT2D eigenvalue weighted by Gasteiger charge is -2.32. The van der Waals surface area contributed by atoms with E-state index in [-0.39, 0.29) is 16.6 Å². The summed E-state index contributed by atoms with van der Waals surface area (Å²) < 4.78 is 19.0. The molecule has 0 radical (unpaired) electrons. The van der Waals surface area contributed by atoms with Crippen molar-refractivity contribution in [3.8, 4) is 5.75 Å². The molecule has 144 valence electrons. The smallest absolute Gasteiger partial charge is 0.489 e. The molecule has 27 heavy (non-hydrogen) atoms. The number of rotatable bonds is 4. The SMILES string of the molecule is CC(C)(C)c1cccc(B2OC(C)(C)C(C)(C)O2)c1OCc1ccccc1. The molecule has 0 saturated carbocycles. The molecule has 0 bridgehead atoms.